The number of benzene rings is 2. The van der Waals surface area contributed by atoms with Gasteiger partial charge < -0.3 is 14.2 Å². The Morgan fingerprint density at radius 1 is 0.932 bits per heavy atom. The molecule has 1 saturated heterocycles. The van der Waals surface area contributed by atoms with Gasteiger partial charge in [-0.15, -0.1) is 0 Å². The van der Waals surface area contributed by atoms with Gasteiger partial charge in [0.05, 0.1) is 24.6 Å². The Bertz CT molecular complexity index is 1210. The van der Waals surface area contributed by atoms with Gasteiger partial charge in [-0.1, -0.05) is 107 Å². The van der Waals surface area contributed by atoms with E-state index in [4.69, 9.17) is 19.2 Å². The number of carbonyl (C=O) groups excluding carboxylic acids is 2. The lowest BCUT2D eigenvalue weighted by Crippen LogP contribution is -2.50. The van der Waals surface area contributed by atoms with Crippen LogP contribution < -0.4 is 0 Å². The summed E-state index contributed by atoms with van der Waals surface area (Å²) in [6.07, 6.45) is 12.1. The fourth-order valence-corrected chi connectivity index (χ4v) is 6.29. The Balaban J connectivity index is 1.23. The van der Waals surface area contributed by atoms with E-state index in [0.717, 1.165) is 41.9 Å². The minimum absolute atomic E-state index is 0.0562. The number of nitrogens with zero attached hydrogens (tertiary/aromatic N) is 2. The summed E-state index contributed by atoms with van der Waals surface area (Å²) in [6, 6.07) is 17.7. The molecule has 0 bridgehead atoms. The number of aliphatic imine (C=N–C) groups is 1. The summed E-state index contributed by atoms with van der Waals surface area (Å²) >= 11 is 0. The van der Waals surface area contributed by atoms with Crippen molar-refractivity contribution in [2.24, 2.45) is 4.99 Å². The molecular weight excluding hydrogens is 552 g/mol. The summed E-state index contributed by atoms with van der Waals surface area (Å²) in [5.41, 5.74) is 2.60. The first-order valence-corrected chi connectivity index (χ1v) is 16.8. The first-order chi connectivity index (χ1) is 21.4. The predicted molar refractivity (Wildman–Crippen MR) is 176 cm³/mol. The third-order valence-electron chi connectivity index (χ3n) is 8.65. The molecule has 0 saturated carbocycles. The van der Waals surface area contributed by atoms with Crippen LogP contribution in [-0.2, 0) is 23.8 Å². The first kappa shape index (κ1) is 33.9. The zero-order chi connectivity index (χ0) is 31.2. The molecule has 0 spiro atoms. The maximum atomic E-state index is 13.8. The van der Waals surface area contributed by atoms with Crippen LogP contribution in [-0.4, -0.2) is 67.1 Å². The lowest BCUT2D eigenvalue weighted by molar-refractivity contribution is -0.160. The summed E-state index contributed by atoms with van der Waals surface area (Å²) in [5, 5.41) is 0. The largest absolute Gasteiger partial charge is 0.464 e. The topological polar surface area (TPSA) is 77.4 Å². The highest BCUT2D eigenvalue weighted by atomic mass is 16.6. The number of rotatable bonds is 18. The van der Waals surface area contributed by atoms with E-state index in [2.05, 4.69) is 11.8 Å². The number of ether oxygens (including phenoxy) is 3. The van der Waals surface area contributed by atoms with Crippen LogP contribution in [0.2, 0.25) is 0 Å². The molecule has 0 radical (unpaired) electrons. The van der Waals surface area contributed by atoms with Crippen molar-refractivity contribution < 1.29 is 23.8 Å². The van der Waals surface area contributed by atoms with Crippen LogP contribution in [0.3, 0.4) is 0 Å². The Labute approximate surface area is 264 Å². The second-order valence-electron chi connectivity index (χ2n) is 12.8. The molecule has 2 heterocycles. The third-order valence-corrected chi connectivity index (χ3v) is 8.65. The van der Waals surface area contributed by atoms with Crippen molar-refractivity contribution in [3.05, 3.63) is 65.7 Å². The summed E-state index contributed by atoms with van der Waals surface area (Å²) in [7, 11) is 0. The van der Waals surface area contributed by atoms with Gasteiger partial charge in [0.2, 0.25) is 0 Å². The Morgan fingerprint density at radius 2 is 1.61 bits per heavy atom. The second-order valence-corrected chi connectivity index (χ2v) is 12.8. The number of carbonyl (C=O) groups is 2. The molecule has 44 heavy (non-hydrogen) atoms. The predicted octanol–water partition coefficient (Wildman–Crippen LogP) is 7.78. The van der Waals surface area contributed by atoms with Gasteiger partial charge in [0.1, 0.15) is 18.1 Å². The molecule has 7 heteroatoms. The standard InChI is InChI=1S/C37H52N2O5/c1-4-5-6-7-8-9-10-11-15-22-33(40)43-26-24-39-23-25-42-28-30(39)27-37(2,3)44-36(41)34-31-20-16-17-21-32(31)38-35(34)29-18-13-12-14-19-29/h12-14,16-21,30,34H,4-11,15,22-28H2,1-3H3. The fourth-order valence-electron chi connectivity index (χ4n) is 6.29. The lowest BCUT2D eigenvalue weighted by Gasteiger charge is -2.39. The molecule has 4 rings (SSSR count). The number of hydrogen-bond acceptors (Lipinski definition) is 7. The van der Waals surface area contributed by atoms with E-state index in [9.17, 15) is 9.59 Å². The molecule has 0 amide bonds. The monoisotopic (exact) mass is 604 g/mol. The van der Waals surface area contributed by atoms with Crippen LogP contribution in [0.15, 0.2) is 59.6 Å². The molecule has 2 unspecified atom stereocenters. The minimum Gasteiger partial charge on any atom is -0.464 e. The second kappa shape index (κ2) is 17.5. The highest BCUT2D eigenvalue weighted by Crippen LogP contribution is 2.39. The van der Waals surface area contributed by atoms with E-state index in [1.807, 2.05) is 68.4 Å². The molecule has 2 atom stereocenters. The molecule has 0 aromatic heterocycles. The number of hydrogen-bond donors (Lipinski definition) is 0. The van der Waals surface area contributed by atoms with E-state index in [1.165, 1.54) is 44.9 Å². The summed E-state index contributed by atoms with van der Waals surface area (Å²) in [4.78, 5) is 33.2. The molecule has 240 valence electrons. The minimum atomic E-state index is -0.729. The van der Waals surface area contributed by atoms with Gasteiger partial charge in [-0.2, -0.15) is 0 Å². The highest BCUT2D eigenvalue weighted by molar-refractivity contribution is 6.19. The fraction of sp³-hybridized carbons (Fsp3) is 0.595. The number of morpholine rings is 1. The van der Waals surface area contributed by atoms with Crippen LogP contribution in [0.25, 0.3) is 0 Å². The number of unbranched alkanes of at least 4 members (excludes halogenated alkanes) is 8. The molecule has 1 fully saturated rings. The quantitative estimate of drug-likeness (QED) is 0.128. The molecule has 0 N–H and O–H groups in total. The Hall–Kier alpha value is -3.03. The van der Waals surface area contributed by atoms with Crippen LogP contribution in [0.1, 0.15) is 108 Å². The van der Waals surface area contributed by atoms with E-state index < -0.39 is 11.5 Å². The van der Waals surface area contributed by atoms with Gasteiger partial charge in [-0.25, -0.2) is 0 Å². The van der Waals surface area contributed by atoms with E-state index in [1.54, 1.807) is 0 Å². The van der Waals surface area contributed by atoms with Crippen LogP contribution in [0.5, 0.6) is 0 Å². The SMILES string of the molecule is CCCCCCCCCCCC(=O)OCCN1CCOCC1CC(C)(C)OC(=O)C1C(c2ccccc2)=Nc2ccccc21. The zero-order valence-electron chi connectivity index (χ0n) is 27.1. The van der Waals surface area contributed by atoms with Crippen molar-refractivity contribution in [3.8, 4) is 0 Å². The zero-order valence-corrected chi connectivity index (χ0v) is 27.1. The Morgan fingerprint density at radius 3 is 2.36 bits per heavy atom. The van der Waals surface area contributed by atoms with E-state index >= 15 is 0 Å². The smallest absolute Gasteiger partial charge is 0.320 e. The molecule has 2 aliphatic heterocycles. The van der Waals surface area contributed by atoms with Gasteiger partial charge in [0.15, 0.2) is 0 Å². The van der Waals surface area contributed by atoms with Crippen molar-refractivity contribution in [1.82, 2.24) is 4.90 Å². The number of fused-ring (bicyclic) bond motifs is 1. The van der Waals surface area contributed by atoms with Crippen molar-refractivity contribution in [1.29, 1.82) is 0 Å². The van der Waals surface area contributed by atoms with Crippen molar-refractivity contribution in [2.45, 2.75) is 109 Å². The molecule has 2 aromatic carbocycles. The molecule has 2 aromatic rings. The van der Waals surface area contributed by atoms with Crippen LogP contribution in [0, 0.1) is 0 Å². The van der Waals surface area contributed by atoms with Gasteiger partial charge in [-0.05, 0) is 37.5 Å². The van der Waals surface area contributed by atoms with Gasteiger partial charge in [0.25, 0.3) is 0 Å². The lowest BCUT2D eigenvalue weighted by atomic mass is 9.91. The van der Waals surface area contributed by atoms with E-state index in [-0.39, 0.29) is 18.0 Å². The van der Waals surface area contributed by atoms with Crippen molar-refractivity contribution >= 4 is 23.3 Å². The van der Waals surface area contributed by atoms with Crippen molar-refractivity contribution in [3.63, 3.8) is 0 Å². The van der Waals surface area contributed by atoms with Gasteiger partial charge in [-0.3, -0.25) is 19.5 Å². The molecule has 7 nitrogen and oxygen atoms in total. The molecule has 2 aliphatic rings. The maximum Gasteiger partial charge on any atom is 0.320 e. The van der Waals surface area contributed by atoms with E-state index in [0.29, 0.717) is 39.2 Å². The molecule has 0 aliphatic carbocycles. The summed E-state index contributed by atoms with van der Waals surface area (Å²) in [5.74, 6) is -0.979. The Kier molecular flexibility index (Phi) is 13.4. The average molecular weight is 605 g/mol. The number of esters is 2. The van der Waals surface area contributed by atoms with Gasteiger partial charge >= 0.3 is 11.9 Å². The normalized spacial score (nSPS) is 18.5. The van der Waals surface area contributed by atoms with Gasteiger partial charge in [0, 0.05) is 32.0 Å². The maximum absolute atomic E-state index is 13.8. The van der Waals surface area contributed by atoms with Crippen molar-refractivity contribution in [2.75, 3.05) is 32.9 Å². The summed E-state index contributed by atoms with van der Waals surface area (Å²) in [6.45, 7) is 9.12. The first-order valence-electron chi connectivity index (χ1n) is 16.8. The number of para-hydroxylation sites is 1. The average Bonchev–Trinajstić information content (AvgIpc) is 3.41. The summed E-state index contributed by atoms with van der Waals surface area (Å²) < 4.78 is 17.6. The van der Waals surface area contributed by atoms with Crippen LogP contribution in [0.4, 0.5) is 5.69 Å². The molecular formula is C37H52N2O5. The third kappa shape index (κ3) is 10.3. The van der Waals surface area contributed by atoms with Crippen LogP contribution >= 0.6 is 0 Å². The highest BCUT2D eigenvalue weighted by Gasteiger charge is 2.39.